The average Bonchev–Trinajstić information content (AvgIpc) is 2.46. The largest absolute Gasteiger partial charge is 0.330 e. The van der Waals surface area contributed by atoms with Crippen molar-refractivity contribution in [2.45, 2.75) is 32.1 Å². The molecule has 0 amide bonds. The summed E-state index contributed by atoms with van der Waals surface area (Å²) in [6.45, 7) is 2.92. The van der Waals surface area contributed by atoms with Gasteiger partial charge in [-0.1, -0.05) is 24.3 Å². The Hall–Kier alpha value is -1.67. The van der Waals surface area contributed by atoms with Gasteiger partial charge in [-0.05, 0) is 67.5 Å². The average molecular weight is 254 g/mol. The Morgan fingerprint density at radius 1 is 1.05 bits per heavy atom. The van der Waals surface area contributed by atoms with Crippen molar-refractivity contribution in [3.05, 3.63) is 65.5 Å². The van der Waals surface area contributed by atoms with Crippen molar-refractivity contribution >= 4 is 0 Å². The Morgan fingerprint density at radius 3 is 2.47 bits per heavy atom. The molecule has 1 atom stereocenters. The van der Waals surface area contributed by atoms with E-state index in [1.165, 1.54) is 16.7 Å². The van der Waals surface area contributed by atoms with Crippen molar-refractivity contribution in [2.24, 2.45) is 5.73 Å². The minimum Gasteiger partial charge on any atom is -0.330 e. The summed E-state index contributed by atoms with van der Waals surface area (Å²) in [7, 11) is 0. The normalized spacial score (nSPS) is 12.3. The van der Waals surface area contributed by atoms with Crippen LogP contribution in [-0.4, -0.2) is 11.5 Å². The van der Waals surface area contributed by atoms with E-state index in [0.717, 1.165) is 25.8 Å². The van der Waals surface area contributed by atoms with Gasteiger partial charge >= 0.3 is 0 Å². The first-order chi connectivity index (χ1) is 9.31. The zero-order valence-corrected chi connectivity index (χ0v) is 11.5. The van der Waals surface area contributed by atoms with Gasteiger partial charge in [-0.2, -0.15) is 0 Å². The summed E-state index contributed by atoms with van der Waals surface area (Å²) in [5, 5.41) is 0. The Kier molecular flexibility index (Phi) is 5.10. The van der Waals surface area contributed by atoms with Crippen molar-refractivity contribution < 1.29 is 0 Å². The SMILES string of the molecule is Cc1ccccc1CCC(CCN)c1ccncc1. The fourth-order valence-electron chi connectivity index (χ4n) is 2.53. The van der Waals surface area contributed by atoms with Crippen molar-refractivity contribution in [3.8, 4) is 0 Å². The molecule has 0 aliphatic carbocycles. The standard InChI is InChI=1S/C17H22N2/c1-14-4-2-3-5-15(14)6-7-16(8-11-18)17-9-12-19-13-10-17/h2-5,9-10,12-13,16H,6-8,11,18H2,1H3. The highest BCUT2D eigenvalue weighted by molar-refractivity contribution is 5.26. The van der Waals surface area contributed by atoms with E-state index in [9.17, 15) is 0 Å². The minimum absolute atomic E-state index is 0.535. The second-order valence-electron chi connectivity index (χ2n) is 5.02. The summed E-state index contributed by atoms with van der Waals surface area (Å²) in [5.41, 5.74) is 9.93. The second-order valence-corrected chi connectivity index (χ2v) is 5.02. The number of nitrogens with two attached hydrogens (primary N) is 1. The van der Waals surface area contributed by atoms with Crippen molar-refractivity contribution in [1.82, 2.24) is 4.98 Å². The van der Waals surface area contributed by atoms with Gasteiger partial charge in [-0.25, -0.2) is 0 Å². The van der Waals surface area contributed by atoms with Gasteiger partial charge < -0.3 is 5.73 Å². The van der Waals surface area contributed by atoms with E-state index in [2.05, 4.69) is 48.3 Å². The molecular weight excluding hydrogens is 232 g/mol. The number of hydrogen-bond acceptors (Lipinski definition) is 2. The Bertz CT molecular complexity index is 494. The highest BCUT2D eigenvalue weighted by atomic mass is 14.6. The number of hydrogen-bond donors (Lipinski definition) is 1. The van der Waals surface area contributed by atoms with E-state index in [1.54, 1.807) is 0 Å². The van der Waals surface area contributed by atoms with Gasteiger partial charge in [0, 0.05) is 12.4 Å². The molecule has 2 nitrogen and oxygen atoms in total. The third-order valence-electron chi connectivity index (χ3n) is 3.72. The molecule has 0 bridgehead atoms. The number of rotatable bonds is 6. The van der Waals surface area contributed by atoms with Gasteiger partial charge in [0.1, 0.15) is 0 Å². The summed E-state index contributed by atoms with van der Waals surface area (Å²) in [5.74, 6) is 0.535. The maximum atomic E-state index is 5.75. The molecule has 0 radical (unpaired) electrons. The molecule has 19 heavy (non-hydrogen) atoms. The molecule has 0 saturated heterocycles. The van der Waals surface area contributed by atoms with E-state index in [0.29, 0.717) is 5.92 Å². The molecule has 0 fully saturated rings. The fourth-order valence-corrected chi connectivity index (χ4v) is 2.53. The van der Waals surface area contributed by atoms with E-state index in [-0.39, 0.29) is 0 Å². The van der Waals surface area contributed by atoms with Crippen LogP contribution in [0, 0.1) is 6.92 Å². The quantitative estimate of drug-likeness (QED) is 0.857. The molecule has 2 rings (SSSR count). The number of aryl methyl sites for hydroxylation is 2. The molecule has 0 saturated carbocycles. The summed E-state index contributed by atoms with van der Waals surface area (Å²) >= 11 is 0. The lowest BCUT2D eigenvalue weighted by Crippen LogP contribution is -2.09. The van der Waals surface area contributed by atoms with Crippen LogP contribution in [0.2, 0.25) is 0 Å². The van der Waals surface area contributed by atoms with Gasteiger partial charge in [0.25, 0.3) is 0 Å². The smallest absolute Gasteiger partial charge is 0.0270 e. The van der Waals surface area contributed by atoms with Gasteiger partial charge in [-0.3, -0.25) is 4.98 Å². The zero-order valence-electron chi connectivity index (χ0n) is 11.5. The number of nitrogens with zero attached hydrogens (tertiary/aromatic N) is 1. The van der Waals surface area contributed by atoms with Gasteiger partial charge in [0.15, 0.2) is 0 Å². The third kappa shape index (κ3) is 3.90. The lowest BCUT2D eigenvalue weighted by molar-refractivity contribution is 0.583. The molecule has 1 aromatic carbocycles. The molecule has 1 heterocycles. The summed E-state index contributed by atoms with van der Waals surface area (Å²) in [6.07, 6.45) is 7.03. The van der Waals surface area contributed by atoms with E-state index < -0.39 is 0 Å². The maximum absolute atomic E-state index is 5.75. The van der Waals surface area contributed by atoms with Crippen molar-refractivity contribution in [2.75, 3.05) is 6.54 Å². The molecule has 1 unspecified atom stereocenters. The summed E-state index contributed by atoms with van der Waals surface area (Å²) in [4.78, 5) is 4.09. The molecule has 2 N–H and O–H groups in total. The van der Waals surface area contributed by atoms with Crippen LogP contribution in [0.4, 0.5) is 0 Å². The van der Waals surface area contributed by atoms with E-state index >= 15 is 0 Å². The first kappa shape index (κ1) is 13.8. The first-order valence-corrected chi connectivity index (χ1v) is 6.95. The van der Waals surface area contributed by atoms with Gasteiger partial charge in [0.2, 0.25) is 0 Å². The highest BCUT2D eigenvalue weighted by Crippen LogP contribution is 2.25. The summed E-state index contributed by atoms with van der Waals surface area (Å²) in [6, 6.07) is 12.8. The Morgan fingerprint density at radius 2 is 1.79 bits per heavy atom. The molecule has 2 heteroatoms. The Balaban J connectivity index is 2.04. The van der Waals surface area contributed by atoms with Crippen molar-refractivity contribution in [1.29, 1.82) is 0 Å². The highest BCUT2D eigenvalue weighted by Gasteiger charge is 2.11. The monoisotopic (exact) mass is 254 g/mol. The van der Waals surface area contributed by atoms with Gasteiger partial charge in [-0.15, -0.1) is 0 Å². The summed E-state index contributed by atoms with van der Waals surface area (Å²) < 4.78 is 0. The van der Waals surface area contributed by atoms with Crippen LogP contribution in [0.1, 0.15) is 35.4 Å². The predicted octanol–water partition coefficient (Wildman–Crippen LogP) is 3.46. The third-order valence-corrected chi connectivity index (χ3v) is 3.72. The van der Waals surface area contributed by atoms with Crippen molar-refractivity contribution in [3.63, 3.8) is 0 Å². The molecule has 0 spiro atoms. The zero-order chi connectivity index (χ0) is 13.5. The lowest BCUT2D eigenvalue weighted by atomic mass is 9.89. The van der Waals surface area contributed by atoms with Crippen LogP contribution < -0.4 is 5.73 Å². The molecule has 1 aromatic heterocycles. The van der Waals surface area contributed by atoms with Gasteiger partial charge in [0.05, 0.1) is 0 Å². The first-order valence-electron chi connectivity index (χ1n) is 6.95. The van der Waals surface area contributed by atoms with Crippen LogP contribution in [0.3, 0.4) is 0 Å². The molecule has 2 aromatic rings. The van der Waals surface area contributed by atoms with Crippen LogP contribution in [-0.2, 0) is 6.42 Å². The molecule has 0 aliphatic rings. The second kappa shape index (κ2) is 7.05. The van der Waals surface area contributed by atoms with Crippen LogP contribution in [0.15, 0.2) is 48.8 Å². The number of aromatic nitrogens is 1. The lowest BCUT2D eigenvalue weighted by Gasteiger charge is -2.17. The Labute approximate surface area is 115 Å². The number of benzene rings is 1. The van der Waals surface area contributed by atoms with E-state index in [4.69, 9.17) is 5.73 Å². The minimum atomic E-state index is 0.535. The van der Waals surface area contributed by atoms with E-state index in [1.807, 2.05) is 12.4 Å². The molecular formula is C17H22N2. The number of pyridine rings is 1. The maximum Gasteiger partial charge on any atom is 0.0270 e. The predicted molar refractivity (Wildman–Crippen MR) is 80.1 cm³/mol. The fraction of sp³-hybridized carbons (Fsp3) is 0.353. The van der Waals surface area contributed by atoms with Crippen LogP contribution >= 0.6 is 0 Å². The molecule has 0 aliphatic heterocycles. The van der Waals surface area contributed by atoms with Crippen LogP contribution in [0.5, 0.6) is 0 Å². The van der Waals surface area contributed by atoms with Crippen LogP contribution in [0.25, 0.3) is 0 Å². The molecule has 100 valence electrons. The topological polar surface area (TPSA) is 38.9 Å².